The highest BCUT2D eigenvalue weighted by Crippen LogP contribution is 2.65. The summed E-state index contributed by atoms with van der Waals surface area (Å²) in [5, 5.41) is 4.86. The van der Waals surface area contributed by atoms with Crippen molar-refractivity contribution in [1.29, 1.82) is 0 Å². The number of anilines is 1. The Morgan fingerprint density at radius 1 is 0.929 bits per heavy atom. The predicted octanol–water partition coefficient (Wildman–Crippen LogP) is 2.83. The normalized spacial score (nSPS) is 34.5. The van der Waals surface area contributed by atoms with Gasteiger partial charge in [-0.05, 0) is 41.5 Å². The number of nitrogens with zero attached hydrogens (tertiary/aromatic N) is 1. The number of fused-ring (bicyclic) bond motifs is 1. The molecule has 3 amide bonds. The molecule has 6 atom stereocenters. The van der Waals surface area contributed by atoms with E-state index in [0.29, 0.717) is 17.5 Å². The molecule has 0 radical (unpaired) electrons. The molecule has 2 aromatic carbocycles. The van der Waals surface area contributed by atoms with Gasteiger partial charge < -0.3 is 5.32 Å². The molecule has 1 N–H and O–H groups in total. The summed E-state index contributed by atoms with van der Waals surface area (Å²) >= 11 is 0. The number of imide groups is 1. The van der Waals surface area contributed by atoms with Crippen LogP contribution in [0, 0.1) is 35.5 Å². The van der Waals surface area contributed by atoms with Crippen molar-refractivity contribution >= 4 is 34.2 Å². The topological polar surface area (TPSA) is 66.5 Å². The second-order valence-electron chi connectivity index (χ2n) is 8.49. The van der Waals surface area contributed by atoms with E-state index in [0.717, 1.165) is 17.2 Å². The van der Waals surface area contributed by atoms with Crippen LogP contribution in [0.1, 0.15) is 6.42 Å². The number of hydrogen-bond acceptors (Lipinski definition) is 3. The Kier molecular flexibility index (Phi) is 3.17. The summed E-state index contributed by atoms with van der Waals surface area (Å²) in [6.07, 6.45) is 5.42. The van der Waals surface area contributed by atoms with Gasteiger partial charge in [0, 0.05) is 11.1 Å². The van der Waals surface area contributed by atoms with E-state index in [9.17, 15) is 14.4 Å². The number of carbonyl (C=O) groups excluding carboxylic acids is 3. The molecule has 5 nitrogen and oxygen atoms in total. The largest absolute Gasteiger partial charge is 0.324 e. The molecule has 3 fully saturated rings. The summed E-state index contributed by atoms with van der Waals surface area (Å²) in [7, 11) is 0. The zero-order valence-electron chi connectivity index (χ0n) is 15.2. The van der Waals surface area contributed by atoms with E-state index >= 15 is 0 Å². The first kappa shape index (κ1) is 16.0. The van der Waals surface area contributed by atoms with Crippen LogP contribution in [0.3, 0.4) is 0 Å². The maximum atomic E-state index is 13.0. The first-order valence-electron chi connectivity index (χ1n) is 9.94. The van der Waals surface area contributed by atoms with Gasteiger partial charge in [-0.25, -0.2) is 0 Å². The van der Waals surface area contributed by atoms with Gasteiger partial charge in [0.25, 0.3) is 0 Å². The molecule has 2 aromatic rings. The van der Waals surface area contributed by atoms with E-state index in [1.165, 1.54) is 4.90 Å². The van der Waals surface area contributed by atoms with Crippen molar-refractivity contribution in [3.05, 3.63) is 54.6 Å². The molecular weight excluding hydrogens is 352 g/mol. The van der Waals surface area contributed by atoms with Crippen LogP contribution in [0.2, 0.25) is 0 Å². The van der Waals surface area contributed by atoms with E-state index in [1.54, 1.807) is 0 Å². The van der Waals surface area contributed by atoms with Crippen LogP contribution in [0.25, 0.3) is 10.8 Å². The van der Waals surface area contributed by atoms with Crippen LogP contribution in [0.4, 0.5) is 5.69 Å². The second kappa shape index (κ2) is 5.53. The Hall–Kier alpha value is -2.95. The molecule has 5 heteroatoms. The number of carbonyl (C=O) groups is 3. The molecule has 0 unspecified atom stereocenters. The quantitative estimate of drug-likeness (QED) is 0.666. The lowest BCUT2D eigenvalue weighted by atomic mass is 9.63. The zero-order chi connectivity index (χ0) is 19.0. The van der Waals surface area contributed by atoms with Crippen molar-refractivity contribution in [2.75, 3.05) is 11.9 Å². The van der Waals surface area contributed by atoms with E-state index < -0.39 is 0 Å². The Morgan fingerprint density at radius 3 is 2.29 bits per heavy atom. The maximum Gasteiger partial charge on any atom is 0.244 e. The summed E-state index contributed by atoms with van der Waals surface area (Å²) in [5.74, 6) is 0.344. The monoisotopic (exact) mass is 372 g/mol. The molecule has 0 spiro atoms. The maximum absolute atomic E-state index is 13.0. The Morgan fingerprint density at radius 2 is 1.57 bits per heavy atom. The summed E-state index contributed by atoms with van der Waals surface area (Å²) < 4.78 is 0. The van der Waals surface area contributed by atoms with E-state index in [1.807, 2.05) is 42.5 Å². The summed E-state index contributed by atoms with van der Waals surface area (Å²) in [5.41, 5.74) is 0.697. The molecule has 7 rings (SSSR count). The van der Waals surface area contributed by atoms with E-state index in [4.69, 9.17) is 0 Å². The third-order valence-corrected chi connectivity index (χ3v) is 7.12. The Balaban J connectivity index is 1.23. The third-order valence-electron chi connectivity index (χ3n) is 7.12. The summed E-state index contributed by atoms with van der Waals surface area (Å²) in [6, 6.07) is 13.5. The molecule has 2 saturated carbocycles. The van der Waals surface area contributed by atoms with Gasteiger partial charge in [0.1, 0.15) is 6.54 Å². The van der Waals surface area contributed by atoms with Gasteiger partial charge in [0.2, 0.25) is 17.7 Å². The van der Waals surface area contributed by atoms with Crippen molar-refractivity contribution in [3.63, 3.8) is 0 Å². The van der Waals surface area contributed by atoms with Gasteiger partial charge >= 0.3 is 0 Å². The van der Waals surface area contributed by atoms with Crippen LogP contribution in [-0.2, 0) is 14.4 Å². The molecule has 28 heavy (non-hydrogen) atoms. The minimum atomic E-state index is -0.331. The van der Waals surface area contributed by atoms with Crippen LogP contribution >= 0.6 is 0 Å². The van der Waals surface area contributed by atoms with Crippen molar-refractivity contribution < 1.29 is 14.4 Å². The average molecular weight is 372 g/mol. The number of hydrogen-bond donors (Lipinski definition) is 1. The number of amides is 3. The Bertz CT molecular complexity index is 1030. The number of rotatable bonds is 3. The molecule has 0 aromatic heterocycles. The summed E-state index contributed by atoms with van der Waals surface area (Å²) in [6.45, 7) is -0.206. The van der Waals surface area contributed by atoms with Crippen molar-refractivity contribution in [3.8, 4) is 0 Å². The van der Waals surface area contributed by atoms with Gasteiger partial charge in [-0.2, -0.15) is 0 Å². The fourth-order valence-corrected chi connectivity index (χ4v) is 5.84. The number of nitrogens with one attached hydrogen (secondary N) is 1. The highest BCUT2D eigenvalue weighted by Gasteiger charge is 2.67. The van der Waals surface area contributed by atoms with Crippen LogP contribution in [-0.4, -0.2) is 29.2 Å². The molecule has 4 aliphatic carbocycles. The minimum absolute atomic E-state index is 0.159. The second-order valence-corrected chi connectivity index (χ2v) is 8.49. The number of likely N-dealkylation sites (tertiary alicyclic amines) is 1. The fourth-order valence-electron chi connectivity index (χ4n) is 5.84. The number of allylic oxidation sites excluding steroid dienone is 2. The molecule has 1 saturated heterocycles. The van der Waals surface area contributed by atoms with Crippen LogP contribution < -0.4 is 5.32 Å². The van der Waals surface area contributed by atoms with Gasteiger partial charge in [-0.1, -0.05) is 48.6 Å². The van der Waals surface area contributed by atoms with Gasteiger partial charge in [0.05, 0.1) is 11.8 Å². The molecule has 1 heterocycles. The van der Waals surface area contributed by atoms with Crippen molar-refractivity contribution in [2.24, 2.45) is 35.5 Å². The lowest BCUT2D eigenvalue weighted by Crippen LogP contribution is -2.40. The smallest absolute Gasteiger partial charge is 0.244 e. The first-order chi connectivity index (χ1) is 13.6. The highest BCUT2D eigenvalue weighted by atomic mass is 16.2. The van der Waals surface area contributed by atoms with Crippen molar-refractivity contribution in [1.82, 2.24) is 4.90 Å². The fraction of sp³-hybridized carbons (Fsp3) is 0.348. The number of benzene rings is 2. The molecular formula is C23H20N2O3. The minimum Gasteiger partial charge on any atom is -0.324 e. The van der Waals surface area contributed by atoms with Gasteiger partial charge in [-0.3, -0.25) is 19.3 Å². The molecule has 1 aliphatic heterocycles. The first-order valence-corrected chi connectivity index (χ1v) is 9.94. The standard InChI is InChI=1S/C23H20N2O3/c26-19(24-18-7-3-5-12-4-1-2-6-13(12)18)11-25-22(27)20-14-8-9-15(17-10-16(14)17)21(20)23(25)28/h1-9,14-17,20-21H,10-11H2,(H,24,26)/t14-,15-,16-,17-,20+,21+/m1/s1. The van der Waals surface area contributed by atoms with Crippen molar-refractivity contribution in [2.45, 2.75) is 6.42 Å². The van der Waals surface area contributed by atoms with E-state index in [-0.39, 0.29) is 47.9 Å². The zero-order valence-corrected chi connectivity index (χ0v) is 15.2. The summed E-state index contributed by atoms with van der Waals surface area (Å²) in [4.78, 5) is 39.9. The van der Waals surface area contributed by atoms with Crippen LogP contribution in [0.5, 0.6) is 0 Å². The molecule has 2 bridgehead atoms. The molecule has 140 valence electrons. The predicted molar refractivity (Wildman–Crippen MR) is 104 cm³/mol. The van der Waals surface area contributed by atoms with E-state index in [2.05, 4.69) is 17.5 Å². The van der Waals surface area contributed by atoms with Gasteiger partial charge in [0.15, 0.2) is 0 Å². The molecule has 5 aliphatic rings. The SMILES string of the molecule is O=C(CN1C(=O)[C@H]2[C@@H]3C=C[C@H]([C@H]4C[C@H]34)[C@@H]2C1=O)Nc1cccc2ccccc12. The Labute approximate surface area is 162 Å². The lowest BCUT2D eigenvalue weighted by Gasteiger charge is -2.37. The average Bonchev–Trinajstić information content (AvgIpc) is 3.49. The van der Waals surface area contributed by atoms with Crippen LogP contribution in [0.15, 0.2) is 54.6 Å². The lowest BCUT2D eigenvalue weighted by molar-refractivity contribution is -0.142. The highest BCUT2D eigenvalue weighted by molar-refractivity contribution is 6.10. The third kappa shape index (κ3) is 2.10. The van der Waals surface area contributed by atoms with Gasteiger partial charge in [-0.15, -0.1) is 0 Å².